The number of halogens is 1. The first-order chi connectivity index (χ1) is 10.2. The minimum atomic E-state index is 0.200. The highest BCUT2D eigenvalue weighted by Gasteiger charge is 2.26. The normalized spacial score (nSPS) is 20.9. The Morgan fingerprint density at radius 2 is 1.95 bits per heavy atom. The van der Waals surface area contributed by atoms with Crippen LogP contribution in [-0.2, 0) is 6.42 Å². The molecule has 1 N–H and O–H groups in total. The molecule has 2 aromatic carbocycles. The highest BCUT2D eigenvalue weighted by atomic mass is 35.5. The Morgan fingerprint density at radius 1 is 1.19 bits per heavy atom. The minimum absolute atomic E-state index is 0.200. The molecule has 0 fully saturated rings. The number of benzene rings is 2. The molecule has 3 rings (SSSR count). The Kier molecular flexibility index (Phi) is 4.18. The van der Waals surface area contributed by atoms with Gasteiger partial charge in [-0.1, -0.05) is 36.7 Å². The van der Waals surface area contributed by atoms with Crippen LogP contribution in [0.3, 0.4) is 0 Å². The van der Waals surface area contributed by atoms with E-state index in [1.54, 1.807) is 7.11 Å². The van der Waals surface area contributed by atoms with Crippen molar-refractivity contribution in [2.24, 2.45) is 0 Å². The van der Waals surface area contributed by atoms with Gasteiger partial charge in [-0.05, 0) is 53.8 Å². The van der Waals surface area contributed by atoms with Crippen LogP contribution in [0, 0.1) is 0 Å². The largest absolute Gasteiger partial charge is 0.497 e. The average Bonchev–Trinajstić information content (AvgIpc) is 2.54. The molecule has 0 radical (unpaired) electrons. The van der Waals surface area contributed by atoms with Crippen molar-refractivity contribution in [1.82, 2.24) is 5.32 Å². The van der Waals surface area contributed by atoms with Crippen molar-refractivity contribution in [2.45, 2.75) is 31.8 Å². The number of hydrogen-bond acceptors (Lipinski definition) is 2. The predicted molar refractivity (Wildman–Crippen MR) is 87.2 cm³/mol. The molecule has 0 spiro atoms. The molecule has 1 aliphatic rings. The van der Waals surface area contributed by atoms with Crippen LogP contribution in [0.5, 0.6) is 5.75 Å². The quantitative estimate of drug-likeness (QED) is 0.909. The van der Waals surface area contributed by atoms with Crippen LogP contribution < -0.4 is 10.1 Å². The van der Waals surface area contributed by atoms with E-state index in [4.69, 9.17) is 16.3 Å². The van der Waals surface area contributed by atoms with Gasteiger partial charge in [0.15, 0.2) is 0 Å². The first kappa shape index (κ1) is 14.4. The number of fused-ring (bicyclic) bond motifs is 1. The van der Waals surface area contributed by atoms with Crippen LogP contribution in [-0.4, -0.2) is 13.2 Å². The van der Waals surface area contributed by atoms with Gasteiger partial charge in [-0.2, -0.15) is 0 Å². The molecule has 1 heterocycles. The van der Waals surface area contributed by atoms with Crippen LogP contribution in [0.4, 0.5) is 0 Å². The first-order valence-corrected chi connectivity index (χ1v) is 7.77. The maximum absolute atomic E-state index is 6.01. The van der Waals surface area contributed by atoms with E-state index in [1.165, 1.54) is 16.7 Å². The third kappa shape index (κ3) is 2.92. The van der Waals surface area contributed by atoms with E-state index in [-0.39, 0.29) is 6.04 Å². The molecular weight excluding hydrogens is 282 g/mol. The van der Waals surface area contributed by atoms with Gasteiger partial charge in [-0.25, -0.2) is 0 Å². The zero-order valence-electron chi connectivity index (χ0n) is 12.4. The standard InChI is InChI=1S/C18H20ClNO/c1-3-15-10-13-6-9-16(21-2)11-17(13)18(20-15)12-4-7-14(19)8-5-12/h4-9,11,15,18,20H,3,10H2,1-2H3. The average molecular weight is 302 g/mol. The Balaban J connectivity index is 2.05. The summed E-state index contributed by atoms with van der Waals surface area (Å²) in [6, 6.07) is 15.2. The van der Waals surface area contributed by atoms with Gasteiger partial charge in [0.25, 0.3) is 0 Å². The van der Waals surface area contributed by atoms with Crippen molar-refractivity contribution in [3.05, 3.63) is 64.2 Å². The molecule has 0 saturated heterocycles. The molecule has 110 valence electrons. The fourth-order valence-corrected chi connectivity index (χ4v) is 3.12. The second kappa shape index (κ2) is 6.08. The van der Waals surface area contributed by atoms with Crippen molar-refractivity contribution < 1.29 is 4.74 Å². The number of hydrogen-bond donors (Lipinski definition) is 1. The fraction of sp³-hybridized carbons (Fsp3) is 0.333. The number of methoxy groups -OCH3 is 1. The molecule has 0 bridgehead atoms. The van der Waals surface area contributed by atoms with Crippen LogP contribution >= 0.6 is 11.6 Å². The molecule has 2 atom stereocenters. The molecular formula is C18H20ClNO. The summed E-state index contributed by atoms with van der Waals surface area (Å²) in [6.07, 6.45) is 2.19. The minimum Gasteiger partial charge on any atom is -0.497 e. The van der Waals surface area contributed by atoms with Crippen molar-refractivity contribution in [3.63, 3.8) is 0 Å². The van der Waals surface area contributed by atoms with Gasteiger partial charge < -0.3 is 10.1 Å². The van der Waals surface area contributed by atoms with E-state index in [2.05, 4.69) is 42.6 Å². The summed E-state index contributed by atoms with van der Waals surface area (Å²) >= 11 is 6.01. The summed E-state index contributed by atoms with van der Waals surface area (Å²) in [4.78, 5) is 0. The van der Waals surface area contributed by atoms with Crippen molar-refractivity contribution in [3.8, 4) is 5.75 Å². The Morgan fingerprint density at radius 3 is 2.62 bits per heavy atom. The molecule has 0 amide bonds. The van der Waals surface area contributed by atoms with Crippen LogP contribution in [0.2, 0.25) is 5.02 Å². The highest BCUT2D eigenvalue weighted by molar-refractivity contribution is 6.30. The number of nitrogens with one attached hydrogen (secondary N) is 1. The van der Waals surface area contributed by atoms with E-state index >= 15 is 0 Å². The lowest BCUT2D eigenvalue weighted by Gasteiger charge is -2.33. The lowest BCUT2D eigenvalue weighted by Crippen LogP contribution is -2.39. The maximum atomic E-state index is 6.01. The Labute approximate surface area is 131 Å². The molecule has 2 unspecified atom stereocenters. The second-order valence-electron chi connectivity index (χ2n) is 5.53. The monoisotopic (exact) mass is 301 g/mol. The Bertz CT molecular complexity index is 624. The van der Waals surface area contributed by atoms with E-state index in [1.807, 2.05) is 12.1 Å². The van der Waals surface area contributed by atoms with Crippen LogP contribution in [0.25, 0.3) is 0 Å². The smallest absolute Gasteiger partial charge is 0.119 e. The number of rotatable bonds is 3. The zero-order chi connectivity index (χ0) is 14.8. The fourth-order valence-electron chi connectivity index (χ4n) is 3.00. The summed E-state index contributed by atoms with van der Waals surface area (Å²) in [6.45, 7) is 2.23. The first-order valence-electron chi connectivity index (χ1n) is 7.39. The molecule has 3 heteroatoms. The third-order valence-corrected chi connectivity index (χ3v) is 4.48. The molecule has 21 heavy (non-hydrogen) atoms. The lowest BCUT2D eigenvalue weighted by molar-refractivity contribution is 0.404. The molecule has 1 aliphatic heterocycles. The van der Waals surface area contributed by atoms with Gasteiger partial charge in [0, 0.05) is 11.1 Å². The van der Waals surface area contributed by atoms with Crippen LogP contribution in [0.1, 0.15) is 36.1 Å². The van der Waals surface area contributed by atoms with Gasteiger partial charge >= 0.3 is 0 Å². The van der Waals surface area contributed by atoms with E-state index < -0.39 is 0 Å². The SMILES string of the molecule is CCC1Cc2ccc(OC)cc2C(c2ccc(Cl)cc2)N1. The molecule has 0 aliphatic carbocycles. The van der Waals surface area contributed by atoms with Crippen LogP contribution in [0.15, 0.2) is 42.5 Å². The maximum Gasteiger partial charge on any atom is 0.119 e. The van der Waals surface area contributed by atoms with Crippen molar-refractivity contribution >= 4 is 11.6 Å². The zero-order valence-corrected chi connectivity index (χ0v) is 13.2. The van der Waals surface area contributed by atoms with Gasteiger partial charge in [0.1, 0.15) is 5.75 Å². The topological polar surface area (TPSA) is 21.3 Å². The van der Waals surface area contributed by atoms with Crippen molar-refractivity contribution in [1.29, 1.82) is 0 Å². The predicted octanol–water partition coefficient (Wildman–Crippen LogP) is 4.36. The second-order valence-corrected chi connectivity index (χ2v) is 5.96. The molecule has 0 saturated carbocycles. The Hall–Kier alpha value is -1.51. The summed E-state index contributed by atoms with van der Waals surface area (Å²) < 4.78 is 5.39. The summed E-state index contributed by atoms with van der Waals surface area (Å²) in [5.41, 5.74) is 3.95. The molecule has 0 aromatic heterocycles. The highest BCUT2D eigenvalue weighted by Crippen LogP contribution is 2.34. The summed E-state index contributed by atoms with van der Waals surface area (Å²) in [7, 11) is 1.71. The summed E-state index contributed by atoms with van der Waals surface area (Å²) in [5, 5.41) is 4.52. The summed E-state index contributed by atoms with van der Waals surface area (Å²) in [5.74, 6) is 0.907. The van der Waals surface area contributed by atoms with Gasteiger partial charge in [0.05, 0.1) is 13.2 Å². The number of ether oxygens (including phenoxy) is 1. The van der Waals surface area contributed by atoms with Gasteiger partial charge in [0.2, 0.25) is 0 Å². The van der Waals surface area contributed by atoms with Gasteiger partial charge in [-0.15, -0.1) is 0 Å². The van der Waals surface area contributed by atoms with E-state index in [9.17, 15) is 0 Å². The van der Waals surface area contributed by atoms with E-state index in [0.717, 1.165) is 23.6 Å². The lowest BCUT2D eigenvalue weighted by atomic mass is 9.86. The van der Waals surface area contributed by atoms with Crippen molar-refractivity contribution in [2.75, 3.05) is 7.11 Å². The van der Waals surface area contributed by atoms with E-state index in [0.29, 0.717) is 6.04 Å². The third-order valence-electron chi connectivity index (χ3n) is 4.23. The molecule has 2 aromatic rings. The molecule has 2 nitrogen and oxygen atoms in total. The van der Waals surface area contributed by atoms with Gasteiger partial charge in [-0.3, -0.25) is 0 Å².